The van der Waals surface area contributed by atoms with Gasteiger partial charge in [0, 0.05) is 36.0 Å². The monoisotopic (exact) mass is 399 g/mol. The van der Waals surface area contributed by atoms with E-state index in [1.165, 1.54) is 0 Å². The fourth-order valence-electron chi connectivity index (χ4n) is 4.25. The predicted molar refractivity (Wildman–Crippen MR) is 113 cm³/mol. The molecule has 2 heterocycles. The summed E-state index contributed by atoms with van der Waals surface area (Å²) in [4.78, 5) is 15.3. The Morgan fingerprint density at radius 3 is 2.66 bits per heavy atom. The van der Waals surface area contributed by atoms with Crippen LogP contribution in [0, 0.1) is 19.8 Å². The SMILES string of the molecule is COc1ccc(C2CCCN2C(=O)Cc2c(C)nn(CC(C)C)c2C)c(OC)c1. The summed E-state index contributed by atoms with van der Waals surface area (Å²) in [6, 6.07) is 5.88. The van der Waals surface area contributed by atoms with Crippen LogP contribution in [0.1, 0.15) is 55.2 Å². The van der Waals surface area contributed by atoms with Crippen LogP contribution in [0.2, 0.25) is 0 Å². The second-order valence-electron chi connectivity index (χ2n) is 8.26. The van der Waals surface area contributed by atoms with Crippen LogP contribution < -0.4 is 9.47 Å². The Morgan fingerprint density at radius 2 is 2.00 bits per heavy atom. The maximum Gasteiger partial charge on any atom is 0.227 e. The fourth-order valence-corrected chi connectivity index (χ4v) is 4.25. The number of ether oxygens (including phenoxy) is 2. The van der Waals surface area contributed by atoms with E-state index in [9.17, 15) is 4.79 Å². The summed E-state index contributed by atoms with van der Waals surface area (Å²) < 4.78 is 12.9. The Hall–Kier alpha value is -2.50. The van der Waals surface area contributed by atoms with Crippen LogP contribution >= 0.6 is 0 Å². The van der Waals surface area contributed by atoms with E-state index in [0.29, 0.717) is 12.3 Å². The number of carbonyl (C=O) groups excluding carboxylic acids is 1. The van der Waals surface area contributed by atoms with E-state index in [-0.39, 0.29) is 11.9 Å². The summed E-state index contributed by atoms with van der Waals surface area (Å²) in [7, 11) is 3.30. The van der Waals surface area contributed by atoms with Crippen LogP contribution in [0.15, 0.2) is 18.2 Å². The molecular formula is C23H33N3O3. The molecule has 0 radical (unpaired) electrons. The molecule has 0 spiro atoms. The highest BCUT2D eigenvalue weighted by Gasteiger charge is 2.32. The van der Waals surface area contributed by atoms with Gasteiger partial charge in [0.1, 0.15) is 11.5 Å². The van der Waals surface area contributed by atoms with Gasteiger partial charge in [0.2, 0.25) is 5.91 Å². The zero-order valence-electron chi connectivity index (χ0n) is 18.5. The molecule has 158 valence electrons. The Kier molecular flexibility index (Phi) is 6.50. The van der Waals surface area contributed by atoms with Crippen molar-refractivity contribution >= 4 is 5.91 Å². The van der Waals surface area contributed by atoms with Crippen molar-refractivity contribution in [3.63, 3.8) is 0 Å². The quantitative estimate of drug-likeness (QED) is 0.704. The first-order valence-electron chi connectivity index (χ1n) is 10.4. The number of hydrogen-bond donors (Lipinski definition) is 0. The topological polar surface area (TPSA) is 56.6 Å². The van der Waals surface area contributed by atoms with Crippen LogP contribution in [0.4, 0.5) is 0 Å². The Morgan fingerprint density at radius 1 is 1.24 bits per heavy atom. The van der Waals surface area contributed by atoms with Crippen LogP contribution in [0.3, 0.4) is 0 Å². The van der Waals surface area contributed by atoms with Gasteiger partial charge in [0.05, 0.1) is 32.4 Å². The molecule has 1 aromatic heterocycles. The van der Waals surface area contributed by atoms with Crippen molar-refractivity contribution in [2.75, 3.05) is 20.8 Å². The normalized spacial score (nSPS) is 16.5. The standard InChI is InChI=1S/C23H33N3O3/c1-15(2)14-26-17(4)20(16(3)24-26)13-23(27)25-11-7-8-21(25)19-10-9-18(28-5)12-22(19)29-6/h9-10,12,15,21H,7-8,11,13-14H2,1-6H3. The molecule has 6 nitrogen and oxygen atoms in total. The molecule has 1 fully saturated rings. The minimum atomic E-state index is 0.0367. The van der Waals surface area contributed by atoms with Crippen LogP contribution in [0.25, 0.3) is 0 Å². The van der Waals surface area contributed by atoms with E-state index in [1.54, 1.807) is 14.2 Å². The number of methoxy groups -OCH3 is 2. The van der Waals surface area contributed by atoms with E-state index in [4.69, 9.17) is 9.47 Å². The number of nitrogens with zero attached hydrogens (tertiary/aromatic N) is 3. The number of amides is 1. The Balaban J connectivity index is 1.82. The van der Waals surface area contributed by atoms with Gasteiger partial charge in [-0.05, 0) is 44.7 Å². The summed E-state index contributed by atoms with van der Waals surface area (Å²) in [5.74, 6) is 2.19. The van der Waals surface area contributed by atoms with Crippen molar-refractivity contribution in [2.45, 2.75) is 59.5 Å². The third kappa shape index (κ3) is 4.41. The van der Waals surface area contributed by atoms with Crippen molar-refractivity contribution < 1.29 is 14.3 Å². The number of likely N-dealkylation sites (tertiary alicyclic amines) is 1. The molecule has 2 aromatic rings. The molecule has 0 aliphatic carbocycles. The van der Waals surface area contributed by atoms with E-state index < -0.39 is 0 Å². The molecule has 0 bridgehead atoms. The highest BCUT2D eigenvalue weighted by atomic mass is 16.5. The van der Waals surface area contributed by atoms with Crippen molar-refractivity contribution in [1.82, 2.24) is 14.7 Å². The zero-order valence-corrected chi connectivity index (χ0v) is 18.5. The van der Waals surface area contributed by atoms with Crippen molar-refractivity contribution in [2.24, 2.45) is 5.92 Å². The number of rotatable bonds is 7. The molecule has 1 unspecified atom stereocenters. The van der Waals surface area contributed by atoms with Gasteiger partial charge >= 0.3 is 0 Å². The lowest BCUT2D eigenvalue weighted by Gasteiger charge is -2.27. The van der Waals surface area contributed by atoms with Gasteiger partial charge in [-0.15, -0.1) is 0 Å². The predicted octanol–water partition coefficient (Wildman–Crippen LogP) is 4.08. The van der Waals surface area contributed by atoms with E-state index >= 15 is 0 Å². The second kappa shape index (κ2) is 8.89. The average Bonchev–Trinajstić information content (AvgIpc) is 3.28. The van der Waals surface area contributed by atoms with Gasteiger partial charge in [0.25, 0.3) is 0 Å². The molecule has 1 aromatic carbocycles. The molecule has 0 saturated carbocycles. The molecule has 1 aliphatic heterocycles. The summed E-state index contributed by atoms with van der Waals surface area (Å²) in [5, 5.41) is 4.67. The molecular weight excluding hydrogens is 366 g/mol. The molecule has 1 atom stereocenters. The second-order valence-corrected chi connectivity index (χ2v) is 8.26. The zero-order chi connectivity index (χ0) is 21.1. The van der Waals surface area contributed by atoms with Gasteiger partial charge < -0.3 is 14.4 Å². The third-order valence-corrected chi connectivity index (χ3v) is 5.77. The van der Waals surface area contributed by atoms with Crippen LogP contribution in [-0.2, 0) is 17.8 Å². The van der Waals surface area contributed by atoms with E-state index in [0.717, 1.165) is 59.9 Å². The summed E-state index contributed by atoms with van der Waals surface area (Å²) in [6.45, 7) is 10.1. The van der Waals surface area contributed by atoms with Crippen LogP contribution in [-0.4, -0.2) is 41.4 Å². The van der Waals surface area contributed by atoms with Crippen molar-refractivity contribution in [1.29, 1.82) is 0 Å². The first-order valence-corrected chi connectivity index (χ1v) is 10.4. The first-order chi connectivity index (χ1) is 13.8. The summed E-state index contributed by atoms with van der Waals surface area (Å²) >= 11 is 0. The lowest BCUT2D eigenvalue weighted by molar-refractivity contribution is -0.131. The maximum atomic E-state index is 13.3. The Labute approximate surface area is 173 Å². The Bertz CT molecular complexity index is 872. The van der Waals surface area contributed by atoms with Gasteiger partial charge in [-0.3, -0.25) is 9.48 Å². The lowest BCUT2D eigenvalue weighted by atomic mass is 10.0. The van der Waals surface area contributed by atoms with E-state index in [2.05, 4.69) is 25.9 Å². The highest BCUT2D eigenvalue weighted by Crippen LogP contribution is 2.39. The summed E-state index contributed by atoms with van der Waals surface area (Å²) in [5.41, 5.74) is 4.16. The molecule has 6 heteroatoms. The average molecular weight is 400 g/mol. The number of aromatic nitrogens is 2. The molecule has 1 saturated heterocycles. The molecule has 1 amide bonds. The van der Waals surface area contributed by atoms with Crippen molar-refractivity contribution in [3.8, 4) is 11.5 Å². The van der Waals surface area contributed by atoms with Crippen molar-refractivity contribution in [3.05, 3.63) is 40.7 Å². The summed E-state index contributed by atoms with van der Waals surface area (Å²) in [6.07, 6.45) is 2.33. The minimum Gasteiger partial charge on any atom is -0.497 e. The number of benzene rings is 1. The number of carbonyl (C=O) groups is 1. The number of hydrogen-bond acceptors (Lipinski definition) is 4. The highest BCUT2D eigenvalue weighted by molar-refractivity contribution is 5.80. The van der Waals surface area contributed by atoms with Gasteiger partial charge in [-0.25, -0.2) is 0 Å². The van der Waals surface area contributed by atoms with E-state index in [1.807, 2.05) is 34.7 Å². The molecule has 3 rings (SSSR count). The molecule has 1 aliphatic rings. The van der Waals surface area contributed by atoms with Gasteiger partial charge in [-0.1, -0.05) is 13.8 Å². The third-order valence-electron chi connectivity index (χ3n) is 5.77. The van der Waals surface area contributed by atoms with Gasteiger partial charge in [0.15, 0.2) is 0 Å². The smallest absolute Gasteiger partial charge is 0.227 e. The van der Waals surface area contributed by atoms with Gasteiger partial charge in [-0.2, -0.15) is 5.10 Å². The largest absolute Gasteiger partial charge is 0.497 e. The molecule has 29 heavy (non-hydrogen) atoms. The van der Waals surface area contributed by atoms with Crippen LogP contribution in [0.5, 0.6) is 11.5 Å². The first kappa shape index (κ1) is 21.2. The molecule has 0 N–H and O–H groups in total. The minimum absolute atomic E-state index is 0.0367. The number of aryl methyl sites for hydroxylation is 1. The fraction of sp³-hybridized carbons (Fsp3) is 0.565. The maximum absolute atomic E-state index is 13.3. The lowest BCUT2D eigenvalue weighted by Crippen LogP contribution is -2.32.